The van der Waals surface area contributed by atoms with Gasteiger partial charge in [0.15, 0.2) is 12.2 Å². The summed E-state index contributed by atoms with van der Waals surface area (Å²) in [6.45, 7) is 7.36. The second kappa shape index (κ2) is 75.9. The Balaban J connectivity index is 5.17. The molecule has 0 heterocycles. The van der Waals surface area contributed by atoms with Crippen LogP contribution in [0.15, 0.2) is 0 Å². The molecule has 0 aromatic carbocycles. The van der Waals surface area contributed by atoms with E-state index in [0.717, 1.165) is 109 Å². The van der Waals surface area contributed by atoms with Crippen molar-refractivity contribution in [2.24, 2.45) is 5.92 Å². The summed E-state index contributed by atoms with van der Waals surface area (Å²) in [7, 11) is -9.92. The highest BCUT2D eigenvalue weighted by Crippen LogP contribution is 2.45. The first kappa shape index (κ1) is 100. The standard InChI is InChI=1S/C83H162O17P2/c1-6-10-13-16-19-21-23-25-27-29-30-31-33-35-41-45-49-54-59-64-69-83(88)100-79(73-94-81(86)67-62-57-52-47-43-39-37-36-38-42-46-51-55-60-65-76(5)9-4)75-98-102(91,92)96-71-77(84)70-95-101(89,90)97-74-78(72-93-80(85)66-61-56-50-18-15-12-8-3)99-82(87)68-63-58-53-48-44-40-34-32-28-26-24-22-20-17-14-11-7-2/h76-79,84H,6-75H2,1-5H3,(H,89,90)(H,91,92)/t76?,77-,78+,79+/m0/s1. The van der Waals surface area contributed by atoms with E-state index in [9.17, 15) is 43.2 Å². The molecule has 0 spiro atoms. The number of carbonyl (C=O) groups excluding carboxylic acids is 4. The summed E-state index contributed by atoms with van der Waals surface area (Å²) in [6, 6.07) is 0. The molecule has 0 saturated heterocycles. The monoisotopic (exact) mass is 1490 g/mol. The lowest BCUT2D eigenvalue weighted by molar-refractivity contribution is -0.161. The lowest BCUT2D eigenvalue weighted by Crippen LogP contribution is -2.30. The number of phosphoric acid groups is 2. The molecule has 6 atom stereocenters. The van der Waals surface area contributed by atoms with Gasteiger partial charge >= 0.3 is 39.5 Å². The Hall–Kier alpha value is -1.94. The number of unbranched alkanes of at least 4 members (excludes halogenated alkanes) is 54. The fraction of sp³-hybridized carbons (Fsp3) is 0.952. The minimum atomic E-state index is -4.96. The predicted molar refractivity (Wildman–Crippen MR) is 418 cm³/mol. The molecular weight excluding hydrogens is 1330 g/mol. The van der Waals surface area contributed by atoms with E-state index in [1.807, 2.05) is 0 Å². The molecule has 0 aromatic rings. The van der Waals surface area contributed by atoms with Crippen LogP contribution in [0.2, 0.25) is 0 Å². The van der Waals surface area contributed by atoms with Gasteiger partial charge in [-0.2, -0.15) is 0 Å². The van der Waals surface area contributed by atoms with Gasteiger partial charge in [0.1, 0.15) is 19.3 Å². The molecule has 17 nitrogen and oxygen atoms in total. The van der Waals surface area contributed by atoms with Crippen molar-refractivity contribution in [2.45, 2.75) is 464 Å². The molecule has 0 aliphatic carbocycles. The number of phosphoric ester groups is 2. The van der Waals surface area contributed by atoms with E-state index in [2.05, 4.69) is 34.6 Å². The lowest BCUT2D eigenvalue weighted by atomic mass is 9.99. The van der Waals surface area contributed by atoms with E-state index in [4.69, 9.17) is 37.0 Å². The van der Waals surface area contributed by atoms with Gasteiger partial charge in [-0.1, -0.05) is 394 Å². The van der Waals surface area contributed by atoms with Crippen molar-refractivity contribution in [3.05, 3.63) is 0 Å². The van der Waals surface area contributed by atoms with Crippen LogP contribution in [0.5, 0.6) is 0 Å². The molecule has 0 rings (SSSR count). The van der Waals surface area contributed by atoms with E-state index >= 15 is 0 Å². The zero-order valence-corrected chi connectivity index (χ0v) is 68.5. The topological polar surface area (TPSA) is 237 Å². The van der Waals surface area contributed by atoms with Crippen molar-refractivity contribution in [1.29, 1.82) is 0 Å². The van der Waals surface area contributed by atoms with Gasteiger partial charge in [0, 0.05) is 25.7 Å². The van der Waals surface area contributed by atoms with Crippen LogP contribution in [0.3, 0.4) is 0 Å². The minimum Gasteiger partial charge on any atom is -0.462 e. The maximum Gasteiger partial charge on any atom is 0.472 e. The molecular formula is C83H162O17P2. The van der Waals surface area contributed by atoms with Crippen molar-refractivity contribution in [1.82, 2.24) is 0 Å². The second-order valence-corrected chi connectivity index (χ2v) is 33.0. The smallest absolute Gasteiger partial charge is 0.462 e. The first-order chi connectivity index (χ1) is 49.6. The predicted octanol–water partition coefficient (Wildman–Crippen LogP) is 25.2. The quantitative estimate of drug-likeness (QED) is 0.0222. The Morgan fingerprint density at radius 2 is 0.471 bits per heavy atom. The summed E-state index contributed by atoms with van der Waals surface area (Å²) in [5.41, 5.74) is 0. The third-order valence-corrected chi connectivity index (χ3v) is 21.8. The third-order valence-electron chi connectivity index (χ3n) is 19.9. The summed E-state index contributed by atoms with van der Waals surface area (Å²) in [6.07, 6.45) is 68.1. The average molecular weight is 1490 g/mol. The second-order valence-electron chi connectivity index (χ2n) is 30.1. The summed E-state index contributed by atoms with van der Waals surface area (Å²) in [4.78, 5) is 73.0. The molecule has 0 fully saturated rings. The van der Waals surface area contributed by atoms with Crippen LogP contribution in [-0.2, 0) is 65.4 Å². The molecule has 0 amide bonds. The van der Waals surface area contributed by atoms with Gasteiger partial charge in [0.2, 0.25) is 0 Å². The fourth-order valence-corrected chi connectivity index (χ4v) is 14.5. The molecule has 0 saturated carbocycles. The van der Waals surface area contributed by atoms with Crippen LogP contribution in [-0.4, -0.2) is 96.7 Å². The maximum atomic E-state index is 13.1. The average Bonchev–Trinajstić information content (AvgIpc) is 0.937. The molecule has 0 aliphatic rings. The fourth-order valence-electron chi connectivity index (χ4n) is 12.9. The zero-order chi connectivity index (χ0) is 74.8. The summed E-state index contributed by atoms with van der Waals surface area (Å²) >= 11 is 0. The number of carbonyl (C=O) groups is 4. The molecule has 0 radical (unpaired) electrons. The van der Waals surface area contributed by atoms with E-state index in [-0.39, 0.29) is 25.7 Å². The van der Waals surface area contributed by atoms with Crippen LogP contribution < -0.4 is 0 Å². The first-order valence-corrected chi connectivity index (χ1v) is 46.2. The summed E-state index contributed by atoms with van der Waals surface area (Å²) in [5, 5.41) is 10.6. The highest BCUT2D eigenvalue weighted by Gasteiger charge is 2.30. The van der Waals surface area contributed by atoms with E-state index in [1.54, 1.807) is 0 Å². The van der Waals surface area contributed by atoms with Crippen molar-refractivity contribution in [3.8, 4) is 0 Å². The molecule has 0 aliphatic heterocycles. The largest absolute Gasteiger partial charge is 0.472 e. The van der Waals surface area contributed by atoms with Crippen LogP contribution in [0.4, 0.5) is 0 Å². The van der Waals surface area contributed by atoms with Crippen LogP contribution in [0.1, 0.15) is 446 Å². The number of hydrogen-bond acceptors (Lipinski definition) is 15. The Kier molecular flexibility index (Phi) is 74.4. The van der Waals surface area contributed by atoms with Crippen LogP contribution >= 0.6 is 15.6 Å². The van der Waals surface area contributed by atoms with E-state index in [1.165, 1.54) is 257 Å². The van der Waals surface area contributed by atoms with Crippen molar-refractivity contribution in [3.63, 3.8) is 0 Å². The number of ether oxygens (including phenoxy) is 4. The zero-order valence-electron chi connectivity index (χ0n) is 66.8. The Labute approximate surface area is 626 Å². The summed E-state index contributed by atoms with van der Waals surface area (Å²) < 4.78 is 68.7. The molecule has 102 heavy (non-hydrogen) atoms. The highest BCUT2D eigenvalue weighted by atomic mass is 31.2. The number of hydrogen-bond donors (Lipinski definition) is 3. The molecule has 0 bridgehead atoms. The highest BCUT2D eigenvalue weighted by molar-refractivity contribution is 7.47. The van der Waals surface area contributed by atoms with E-state index < -0.39 is 97.5 Å². The molecule has 3 N–H and O–H groups in total. The number of rotatable bonds is 83. The van der Waals surface area contributed by atoms with Crippen molar-refractivity contribution in [2.75, 3.05) is 39.6 Å². The molecule has 606 valence electrons. The minimum absolute atomic E-state index is 0.108. The first-order valence-electron chi connectivity index (χ1n) is 43.2. The summed E-state index contributed by atoms with van der Waals surface area (Å²) in [5.74, 6) is -1.26. The van der Waals surface area contributed by atoms with Gasteiger partial charge in [-0.25, -0.2) is 9.13 Å². The number of aliphatic hydroxyl groups excluding tert-OH is 1. The number of aliphatic hydroxyl groups is 1. The lowest BCUT2D eigenvalue weighted by Gasteiger charge is -2.21. The van der Waals surface area contributed by atoms with Crippen molar-refractivity contribution < 1.29 is 80.2 Å². The van der Waals surface area contributed by atoms with Gasteiger partial charge in [0.05, 0.1) is 26.4 Å². The Morgan fingerprint density at radius 1 is 0.275 bits per heavy atom. The van der Waals surface area contributed by atoms with Gasteiger partial charge in [-0.3, -0.25) is 37.3 Å². The van der Waals surface area contributed by atoms with Gasteiger partial charge in [-0.05, 0) is 31.6 Å². The third kappa shape index (κ3) is 74.9. The number of esters is 4. The van der Waals surface area contributed by atoms with Crippen LogP contribution in [0, 0.1) is 5.92 Å². The van der Waals surface area contributed by atoms with Gasteiger partial charge in [-0.15, -0.1) is 0 Å². The normalized spacial score (nSPS) is 14.1. The van der Waals surface area contributed by atoms with Crippen LogP contribution in [0.25, 0.3) is 0 Å². The Bertz CT molecular complexity index is 1950. The molecule has 0 aromatic heterocycles. The molecule has 3 unspecified atom stereocenters. The van der Waals surface area contributed by atoms with Crippen molar-refractivity contribution >= 4 is 39.5 Å². The van der Waals surface area contributed by atoms with Gasteiger partial charge < -0.3 is 33.8 Å². The maximum absolute atomic E-state index is 13.1. The Morgan fingerprint density at radius 3 is 0.696 bits per heavy atom. The SMILES string of the molecule is CCCCCCCCCCCCCCCCCCCCCCC(=O)O[C@H](COC(=O)CCCCCCCCCCCCCCCCC(C)CC)COP(=O)(O)OC[C@@H](O)COP(=O)(O)OC[C@@H](COC(=O)CCCCCCCCC)OC(=O)CCCCCCCCCCCCCCCCCCC. The molecule has 19 heteroatoms. The van der Waals surface area contributed by atoms with Gasteiger partial charge in [0.25, 0.3) is 0 Å². The van der Waals surface area contributed by atoms with E-state index in [0.29, 0.717) is 25.7 Å².